The molecule has 1 saturated heterocycles. The lowest BCUT2D eigenvalue weighted by Gasteiger charge is -2.23. The summed E-state index contributed by atoms with van der Waals surface area (Å²) < 4.78 is 3.27. The highest BCUT2D eigenvalue weighted by atomic mass is 79.9. The van der Waals surface area contributed by atoms with Crippen LogP contribution in [0.25, 0.3) is 11.1 Å². The van der Waals surface area contributed by atoms with Gasteiger partial charge in [-0.25, -0.2) is 0 Å². The van der Waals surface area contributed by atoms with E-state index in [0.717, 1.165) is 17.6 Å². The molecule has 1 aliphatic heterocycles. The molecule has 0 amide bonds. The molecule has 20 heavy (non-hydrogen) atoms. The molecule has 3 nitrogen and oxygen atoms in total. The molecule has 0 spiro atoms. The molecule has 2 heterocycles. The number of hydrogen-bond acceptors (Lipinski definition) is 2. The first-order chi connectivity index (χ1) is 9.74. The summed E-state index contributed by atoms with van der Waals surface area (Å²) in [5.41, 5.74) is 3.73. The molecule has 0 aliphatic carbocycles. The molecule has 106 valence electrons. The van der Waals surface area contributed by atoms with Crippen molar-refractivity contribution in [2.24, 2.45) is 5.92 Å². The summed E-state index contributed by atoms with van der Waals surface area (Å²) in [6, 6.07) is 8.44. The molecule has 0 radical (unpaired) electrons. The number of benzene rings is 1. The maximum Gasteiger partial charge on any atom is 0.0571 e. The Morgan fingerprint density at radius 2 is 2.15 bits per heavy atom. The highest BCUT2D eigenvalue weighted by Crippen LogP contribution is 2.25. The third kappa shape index (κ3) is 2.96. The van der Waals surface area contributed by atoms with E-state index >= 15 is 0 Å². The van der Waals surface area contributed by atoms with Crippen LogP contribution in [0.3, 0.4) is 0 Å². The Balaban J connectivity index is 1.79. The standard InChI is InChI=1S/C16H20BrN3/c1-12-16(14-4-6-15(17)7-5-14)10-19-20(12)11-13-3-2-8-18-9-13/h4-7,10,13,18H,2-3,8-9,11H2,1H3. The first-order valence-corrected chi connectivity index (χ1v) is 8.02. The molecule has 0 saturated carbocycles. The lowest BCUT2D eigenvalue weighted by Crippen LogP contribution is -2.32. The molecule has 1 aromatic carbocycles. The molecule has 4 heteroatoms. The Bertz CT molecular complexity index is 568. The smallest absolute Gasteiger partial charge is 0.0571 e. The predicted molar refractivity (Wildman–Crippen MR) is 85.7 cm³/mol. The van der Waals surface area contributed by atoms with Crippen molar-refractivity contribution >= 4 is 15.9 Å². The minimum atomic E-state index is 0.708. The average molecular weight is 334 g/mol. The molecule has 0 bridgehead atoms. The lowest BCUT2D eigenvalue weighted by atomic mass is 9.99. The molecule has 1 aromatic heterocycles. The number of piperidine rings is 1. The minimum Gasteiger partial charge on any atom is -0.316 e. The van der Waals surface area contributed by atoms with E-state index in [9.17, 15) is 0 Å². The maximum atomic E-state index is 4.59. The predicted octanol–water partition coefficient (Wildman–Crippen LogP) is 3.62. The summed E-state index contributed by atoms with van der Waals surface area (Å²) in [6.07, 6.45) is 4.58. The molecular formula is C16H20BrN3. The Morgan fingerprint density at radius 3 is 2.85 bits per heavy atom. The second-order valence-electron chi connectivity index (χ2n) is 5.55. The van der Waals surface area contributed by atoms with Gasteiger partial charge in [0.05, 0.1) is 6.20 Å². The van der Waals surface area contributed by atoms with E-state index in [1.807, 2.05) is 6.20 Å². The molecular weight excluding hydrogens is 314 g/mol. The van der Waals surface area contributed by atoms with Gasteiger partial charge in [0.15, 0.2) is 0 Å². The summed E-state index contributed by atoms with van der Waals surface area (Å²) in [4.78, 5) is 0. The molecule has 2 aromatic rings. The second-order valence-corrected chi connectivity index (χ2v) is 6.46. The minimum absolute atomic E-state index is 0.708. The quantitative estimate of drug-likeness (QED) is 0.929. The van der Waals surface area contributed by atoms with Crippen LogP contribution in [0, 0.1) is 12.8 Å². The number of aromatic nitrogens is 2. The van der Waals surface area contributed by atoms with Gasteiger partial charge in [-0.3, -0.25) is 4.68 Å². The average Bonchev–Trinajstić information content (AvgIpc) is 2.83. The van der Waals surface area contributed by atoms with E-state index in [0.29, 0.717) is 5.92 Å². The van der Waals surface area contributed by atoms with Crippen LogP contribution in [0.2, 0.25) is 0 Å². The number of nitrogens with one attached hydrogen (secondary N) is 1. The van der Waals surface area contributed by atoms with Gasteiger partial charge in [-0.2, -0.15) is 5.10 Å². The number of rotatable bonds is 3. The van der Waals surface area contributed by atoms with Crippen molar-refractivity contribution in [2.45, 2.75) is 26.3 Å². The Kier molecular flexibility index (Phi) is 4.22. The zero-order chi connectivity index (χ0) is 13.9. The first kappa shape index (κ1) is 13.8. The topological polar surface area (TPSA) is 29.9 Å². The van der Waals surface area contributed by atoms with Crippen molar-refractivity contribution in [3.63, 3.8) is 0 Å². The molecule has 1 aliphatic rings. The summed E-state index contributed by atoms with van der Waals surface area (Å²) in [6.45, 7) is 5.47. The molecule has 1 fully saturated rings. The third-order valence-electron chi connectivity index (χ3n) is 4.09. The lowest BCUT2D eigenvalue weighted by molar-refractivity contribution is 0.323. The van der Waals surface area contributed by atoms with Crippen molar-refractivity contribution < 1.29 is 0 Å². The zero-order valence-electron chi connectivity index (χ0n) is 11.8. The van der Waals surface area contributed by atoms with Gasteiger partial charge in [0.25, 0.3) is 0 Å². The van der Waals surface area contributed by atoms with E-state index < -0.39 is 0 Å². The van der Waals surface area contributed by atoms with Gasteiger partial charge >= 0.3 is 0 Å². The van der Waals surface area contributed by atoms with Crippen molar-refractivity contribution in [3.8, 4) is 11.1 Å². The van der Waals surface area contributed by atoms with Gasteiger partial charge in [-0.05, 0) is 56.5 Å². The highest BCUT2D eigenvalue weighted by Gasteiger charge is 2.16. The van der Waals surface area contributed by atoms with Crippen LogP contribution in [-0.2, 0) is 6.54 Å². The monoisotopic (exact) mass is 333 g/mol. The fourth-order valence-corrected chi connectivity index (χ4v) is 3.13. The number of nitrogens with zero attached hydrogens (tertiary/aromatic N) is 2. The summed E-state index contributed by atoms with van der Waals surface area (Å²) in [7, 11) is 0. The molecule has 1 N–H and O–H groups in total. The third-order valence-corrected chi connectivity index (χ3v) is 4.62. The zero-order valence-corrected chi connectivity index (χ0v) is 13.4. The molecule has 3 rings (SSSR count). The fourth-order valence-electron chi connectivity index (χ4n) is 2.87. The van der Waals surface area contributed by atoms with Crippen LogP contribution < -0.4 is 5.32 Å². The van der Waals surface area contributed by atoms with Gasteiger partial charge < -0.3 is 5.32 Å². The van der Waals surface area contributed by atoms with Crippen molar-refractivity contribution in [1.82, 2.24) is 15.1 Å². The van der Waals surface area contributed by atoms with Crippen LogP contribution in [0.15, 0.2) is 34.9 Å². The van der Waals surface area contributed by atoms with Crippen LogP contribution in [0.5, 0.6) is 0 Å². The fraction of sp³-hybridized carbons (Fsp3) is 0.438. The van der Waals surface area contributed by atoms with Crippen molar-refractivity contribution in [3.05, 3.63) is 40.6 Å². The van der Waals surface area contributed by atoms with Crippen molar-refractivity contribution in [1.29, 1.82) is 0 Å². The normalized spacial score (nSPS) is 19.2. The Morgan fingerprint density at radius 1 is 1.35 bits per heavy atom. The first-order valence-electron chi connectivity index (χ1n) is 7.23. The van der Waals surface area contributed by atoms with Crippen LogP contribution in [-0.4, -0.2) is 22.9 Å². The maximum absolute atomic E-state index is 4.59. The van der Waals surface area contributed by atoms with E-state index in [4.69, 9.17) is 0 Å². The Labute approximate surface area is 128 Å². The second kappa shape index (κ2) is 6.10. The van der Waals surface area contributed by atoms with Crippen LogP contribution >= 0.6 is 15.9 Å². The van der Waals surface area contributed by atoms with Gasteiger partial charge in [0.1, 0.15) is 0 Å². The summed E-state index contributed by atoms with van der Waals surface area (Å²) >= 11 is 3.48. The van der Waals surface area contributed by atoms with Crippen molar-refractivity contribution in [2.75, 3.05) is 13.1 Å². The summed E-state index contributed by atoms with van der Waals surface area (Å²) in [5.74, 6) is 0.708. The van der Waals surface area contributed by atoms with E-state index in [2.05, 4.69) is 62.2 Å². The number of halogens is 1. The van der Waals surface area contributed by atoms with Crippen LogP contribution in [0.1, 0.15) is 18.5 Å². The van der Waals surface area contributed by atoms with Crippen LogP contribution in [0.4, 0.5) is 0 Å². The SMILES string of the molecule is Cc1c(-c2ccc(Br)cc2)cnn1CC1CCCNC1. The van der Waals surface area contributed by atoms with Gasteiger partial charge in [0.2, 0.25) is 0 Å². The van der Waals surface area contributed by atoms with Gasteiger partial charge in [-0.15, -0.1) is 0 Å². The molecule has 1 atom stereocenters. The van der Waals surface area contributed by atoms with Gasteiger partial charge in [0, 0.05) is 22.3 Å². The number of hydrogen-bond donors (Lipinski definition) is 1. The van der Waals surface area contributed by atoms with E-state index in [1.54, 1.807) is 0 Å². The van der Waals surface area contributed by atoms with Gasteiger partial charge in [-0.1, -0.05) is 28.1 Å². The Hall–Kier alpha value is -1.13. The largest absolute Gasteiger partial charge is 0.316 e. The van der Waals surface area contributed by atoms with E-state index in [-0.39, 0.29) is 0 Å². The summed E-state index contributed by atoms with van der Waals surface area (Å²) in [5, 5.41) is 8.06. The molecule has 1 unspecified atom stereocenters. The van der Waals surface area contributed by atoms with E-state index in [1.165, 1.54) is 36.2 Å². The highest BCUT2D eigenvalue weighted by molar-refractivity contribution is 9.10.